The van der Waals surface area contributed by atoms with Crippen molar-refractivity contribution < 1.29 is 0 Å². The van der Waals surface area contributed by atoms with Crippen LogP contribution in [0.25, 0.3) is 6.20 Å². The third kappa shape index (κ3) is 1.59. The number of allylic oxidation sites excluding steroid dienone is 1. The molecule has 0 aromatic carbocycles. The Kier molecular flexibility index (Phi) is 2.86. The van der Waals surface area contributed by atoms with Crippen LogP contribution in [0.3, 0.4) is 0 Å². The molecule has 0 saturated carbocycles. The second-order valence-electron chi connectivity index (χ2n) is 2.89. The maximum atomic E-state index is 11.6. The van der Waals surface area contributed by atoms with E-state index in [-0.39, 0.29) is 5.56 Å². The zero-order valence-corrected chi connectivity index (χ0v) is 8.06. The lowest BCUT2D eigenvalue weighted by Gasteiger charge is -2.05. The zero-order valence-electron chi connectivity index (χ0n) is 8.06. The molecular formula is C10H12N2O2. The summed E-state index contributed by atoms with van der Waals surface area (Å²) in [6.07, 6.45) is 4.34. The van der Waals surface area contributed by atoms with Crippen LogP contribution in [-0.4, -0.2) is 9.13 Å². The predicted octanol–water partition coefficient (Wildman–Crippen LogP) is 0.605. The average Bonchev–Trinajstić information content (AvgIpc) is 2.16. The number of nitrogens with zero attached hydrogens (tertiary/aromatic N) is 2. The van der Waals surface area contributed by atoms with Crippen LogP contribution in [0.1, 0.15) is 5.56 Å². The first-order valence-electron chi connectivity index (χ1n) is 4.18. The SMILES string of the molecule is C=CCn1cc(C)c(=O)n(C=C)c1=O. The van der Waals surface area contributed by atoms with Crippen LogP contribution in [0.5, 0.6) is 0 Å². The Labute approximate surface area is 81.4 Å². The Balaban J connectivity index is 3.58. The van der Waals surface area contributed by atoms with Crippen LogP contribution in [0.4, 0.5) is 0 Å². The highest BCUT2D eigenvalue weighted by molar-refractivity contribution is 5.18. The molecule has 1 heterocycles. The summed E-state index contributed by atoms with van der Waals surface area (Å²) in [6, 6.07) is 0. The quantitative estimate of drug-likeness (QED) is 0.658. The van der Waals surface area contributed by atoms with Gasteiger partial charge in [-0.2, -0.15) is 0 Å². The molecule has 0 atom stereocenters. The van der Waals surface area contributed by atoms with Gasteiger partial charge in [0, 0.05) is 24.5 Å². The third-order valence-electron chi connectivity index (χ3n) is 1.87. The molecule has 4 nitrogen and oxygen atoms in total. The summed E-state index contributed by atoms with van der Waals surface area (Å²) in [4.78, 5) is 23.0. The summed E-state index contributed by atoms with van der Waals surface area (Å²) in [7, 11) is 0. The predicted molar refractivity (Wildman–Crippen MR) is 56.3 cm³/mol. The van der Waals surface area contributed by atoms with Crippen LogP contribution < -0.4 is 11.2 Å². The molecule has 1 aromatic rings. The van der Waals surface area contributed by atoms with Gasteiger partial charge in [0.05, 0.1) is 0 Å². The van der Waals surface area contributed by atoms with Gasteiger partial charge in [-0.15, -0.1) is 6.58 Å². The van der Waals surface area contributed by atoms with Crippen molar-refractivity contribution in [3.8, 4) is 0 Å². The van der Waals surface area contributed by atoms with Crippen molar-refractivity contribution in [2.75, 3.05) is 0 Å². The molecule has 74 valence electrons. The van der Waals surface area contributed by atoms with E-state index in [0.717, 1.165) is 4.57 Å². The minimum atomic E-state index is -0.393. The Morgan fingerprint density at radius 2 is 2.07 bits per heavy atom. The van der Waals surface area contributed by atoms with E-state index >= 15 is 0 Å². The molecule has 0 aliphatic heterocycles. The third-order valence-corrected chi connectivity index (χ3v) is 1.87. The molecule has 0 aliphatic rings. The van der Waals surface area contributed by atoms with Crippen LogP contribution in [0.15, 0.2) is 35.0 Å². The van der Waals surface area contributed by atoms with Gasteiger partial charge in [0.2, 0.25) is 0 Å². The van der Waals surface area contributed by atoms with E-state index in [0.29, 0.717) is 12.1 Å². The summed E-state index contributed by atoms with van der Waals surface area (Å²) in [5.74, 6) is 0. The summed E-state index contributed by atoms with van der Waals surface area (Å²) >= 11 is 0. The average molecular weight is 192 g/mol. The van der Waals surface area contributed by atoms with Gasteiger partial charge in [0.25, 0.3) is 5.56 Å². The van der Waals surface area contributed by atoms with E-state index in [1.807, 2.05) is 0 Å². The molecule has 0 N–H and O–H groups in total. The Bertz CT molecular complexity index is 480. The number of rotatable bonds is 3. The van der Waals surface area contributed by atoms with Crippen LogP contribution >= 0.6 is 0 Å². The molecule has 4 heteroatoms. The maximum Gasteiger partial charge on any atom is 0.335 e. The van der Waals surface area contributed by atoms with Gasteiger partial charge < -0.3 is 0 Å². The molecule has 0 amide bonds. The maximum absolute atomic E-state index is 11.6. The molecule has 14 heavy (non-hydrogen) atoms. The first-order valence-corrected chi connectivity index (χ1v) is 4.18. The van der Waals surface area contributed by atoms with Gasteiger partial charge in [-0.25, -0.2) is 9.36 Å². The van der Waals surface area contributed by atoms with E-state index in [1.165, 1.54) is 17.0 Å². The van der Waals surface area contributed by atoms with Crippen molar-refractivity contribution >= 4 is 6.20 Å². The summed E-state index contributed by atoms with van der Waals surface area (Å²) in [5, 5.41) is 0. The van der Waals surface area contributed by atoms with E-state index in [4.69, 9.17) is 0 Å². The lowest BCUT2D eigenvalue weighted by Crippen LogP contribution is -2.37. The van der Waals surface area contributed by atoms with Crippen molar-refractivity contribution in [1.82, 2.24) is 9.13 Å². The monoisotopic (exact) mass is 192 g/mol. The molecule has 1 rings (SSSR count). The van der Waals surface area contributed by atoms with Crippen molar-refractivity contribution in [2.24, 2.45) is 0 Å². The second-order valence-corrected chi connectivity index (χ2v) is 2.89. The standard InChI is InChI=1S/C10H12N2O2/c1-4-6-11-7-8(3)9(13)12(5-2)10(11)14/h4-5,7H,1-2,6H2,3H3. The smallest absolute Gasteiger partial charge is 0.296 e. The summed E-state index contributed by atoms with van der Waals surface area (Å²) in [6.45, 7) is 8.99. The van der Waals surface area contributed by atoms with Gasteiger partial charge in [-0.05, 0) is 6.92 Å². The van der Waals surface area contributed by atoms with Crippen LogP contribution in [-0.2, 0) is 6.54 Å². The highest BCUT2D eigenvalue weighted by atomic mass is 16.2. The molecule has 1 aromatic heterocycles. The highest BCUT2D eigenvalue weighted by Crippen LogP contribution is 1.87. The molecule has 0 unspecified atom stereocenters. The number of aromatic nitrogens is 2. The Morgan fingerprint density at radius 3 is 2.57 bits per heavy atom. The lowest BCUT2D eigenvalue weighted by molar-refractivity contribution is 0.699. The van der Waals surface area contributed by atoms with Crippen molar-refractivity contribution in [3.05, 3.63) is 51.8 Å². The van der Waals surface area contributed by atoms with Gasteiger partial charge in [0.1, 0.15) is 0 Å². The molecule has 0 aliphatic carbocycles. The number of hydrogen-bond donors (Lipinski definition) is 0. The Morgan fingerprint density at radius 1 is 1.43 bits per heavy atom. The highest BCUT2D eigenvalue weighted by Gasteiger charge is 2.04. The first-order chi connectivity index (χ1) is 6.61. The molecule has 0 spiro atoms. The van der Waals surface area contributed by atoms with Crippen LogP contribution in [0, 0.1) is 6.92 Å². The molecule has 0 radical (unpaired) electrons. The van der Waals surface area contributed by atoms with Gasteiger partial charge >= 0.3 is 5.69 Å². The fraction of sp³-hybridized carbons (Fsp3) is 0.200. The van der Waals surface area contributed by atoms with Gasteiger partial charge in [-0.3, -0.25) is 9.36 Å². The molecule has 0 saturated heterocycles. The minimum Gasteiger partial charge on any atom is -0.296 e. The van der Waals surface area contributed by atoms with E-state index in [2.05, 4.69) is 13.2 Å². The topological polar surface area (TPSA) is 44.0 Å². The van der Waals surface area contributed by atoms with E-state index in [1.54, 1.807) is 13.0 Å². The van der Waals surface area contributed by atoms with Crippen molar-refractivity contribution in [2.45, 2.75) is 13.5 Å². The van der Waals surface area contributed by atoms with Crippen molar-refractivity contribution in [1.29, 1.82) is 0 Å². The van der Waals surface area contributed by atoms with Crippen LogP contribution in [0.2, 0.25) is 0 Å². The van der Waals surface area contributed by atoms with Gasteiger partial charge in [-0.1, -0.05) is 12.7 Å². The number of aryl methyl sites for hydroxylation is 1. The van der Waals surface area contributed by atoms with Crippen molar-refractivity contribution in [3.63, 3.8) is 0 Å². The fourth-order valence-electron chi connectivity index (χ4n) is 1.19. The van der Waals surface area contributed by atoms with Gasteiger partial charge in [0.15, 0.2) is 0 Å². The fourth-order valence-corrected chi connectivity index (χ4v) is 1.19. The largest absolute Gasteiger partial charge is 0.335 e. The first kappa shape index (κ1) is 10.2. The lowest BCUT2D eigenvalue weighted by atomic mass is 10.4. The minimum absolute atomic E-state index is 0.328. The summed E-state index contributed by atoms with van der Waals surface area (Å²) < 4.78 is 2.39. The van der Waals surface area contributed by atoms with E-state index < -0.39 is 5.69 Å². The number of hydrogen-bond acceptors (Lipinski definition) is 2. The molecular weight excluding hydrogens is 180 g/mol. The van der Waals surface area contributed by atoms with E-state index in [9.17, 15) is 9.59 Å². The molecule has 0 fully saturated rings. The molecule has 0 bridgehead atoms. The second kappa shape index (κ2) is 3.91. The Hall–Kier alpha value is -1.84. The normalized spacial score (nSPS) is 9.79. The summed E-state index contributed by atoms with van der Waals surface area (Å²) in [5.41, 5.74) is -0.216. The zero-order chi connectivity index (χ0) is 10.7.